The van der Waals surface area contributed by atoms with Crippen molar-refractivity contribution < 1.29 is 18.7 Å². The predicted molar refractivity (Wildman–Crippen MR) is 138 cm³/mol. The first-order chi connectivity index (χ1) is 17.9. The number of hydrogen-bond acceptors (Lipinski definition) is 6. The van der Waals surface area contributed by atoms with Crippen LogP contribution in [-0.2, 0) is 6.42 Å². The van der Waals surface area contributed by atoms with Gasteiger partial charge in [0.25, 0.3) is 0 Å². The number of methoxy groups -OCH3 is 1. The molecule has 5 aromatic rings. The molecule has 0 radical (unpaired) electrons. The highest BCUT2D eigenvalue weighted by molar-refractivity contribution is 5.98. The molecule has 3 heterocycles. The number of nitrogens with zero attached hydrogens (tertiary/aromatic N) is 2. The molecule has 8 heteroatoms. The molecule has 3 aromatic heterocycles. The van der Waals surface area contributed by atoms with E-state index in [1.165, 1.54) is 30.5 Å². The Hall–Kier alpha value is -4.85. The van der Waals surface area contributed by atoms with Gasteiger partial charge in [-0.25, -0.2) is 9.37 Å². The minimum atomic E-state index is -0.397. The molecule has 0 aliphatic carbocycles. The van der Waals surface area contributed by atoms with Crippen molar-refractivity contribution in [2.45, 2.75) is 13.3 Å². The molecule has 1 N–H and O–H groups in total. The van der Waals surface area contributed by atoms with Crippen molar-refractivity contribution in [3.63, 3.8) is 0 Å². The van der Waals surface area contributed by atoms with Crippen molar-refractivity contribution >= 4 is 16.8 Å². The summed E-state index contributed by atoms with van der Waals surface area (Å²) in [6.07, 6.45) is 4.70. The number of benzene rings is 2. The lowest BCUT2D eigenvalue weighted by Gasteiger charge is -2.10. The Morgan fingerprint density at radius 2 is 1.76 bits per heavy atom. The van der Waals surface area contributed by atoms with Crippen LogP contribution in [0.15, 0.2) is 84.0 Å². The number of Topliss-reactive ketones (excluding diaryl/α,β-unsaturated/α-hetero) is 1. The molecule has 0 bridgehead atoms. The number of nitrogens with one attached hydrogen (secondary N) is 1. The Labute approximate surface area is 211 Å². The van der Waals surface area contributed by atoms with Gasteiger partial charge in [-0.15, -0.1) is 0 Å². The molecule has 0 atom stereocenters. The van der Waals surface area contributed by atoms with Gasteiger partial charge in [-0.1, -0.05) is 24.3 Å². The fourth-order valence-electron chi connectivity index (χ4n) is 4.06. The van der Waals surface area contributed by atoms with Crippen LogP contribution in [-0.4, -0.2) is 27.8 Å². The van der Waals surface area contributed by atoms with E-state index in [0.29, 0.717) is 45.1 Å². The normalized spacial score (nSPS) is 10.9. The van der Waals surface area contributed by atoms with Crippen LogP contribution in [0, 0.1) is 12.7 Å². The first kappa shape index (κ1) is 23.9. The number of ether oxygens (including phenoxy) is 2. The van der Waals surface area contributed by atoms with Crippen LogP contribution in [0.2, 0.25) is 0 Å². The Morgan fingerprint density at radius 3 is 2.49 bits per heavy atom. The standard InChI is InChI=1S/C29H22FN3O4/c1-17-27(19-5-7-20(30)8-6-19)29(35)23(16-32-17)25(34)13-18-3-9-21(10-4-18)37-26-11-12-31-24-14-22(36-2)15-33-28(24)26/h3-12,14-16H,13H2,1-2H3,(H,32,35). The van der Waals surface area contributed by atoms with Gasteiger partial charge in [-0.3, -0.25) is 14.6 Å². The van der Waals surface area contributed by atoms with E-state index in [1.807, 2.05) is 0 Å². The highest BCUT2D eigenvalue weighted by atomic mass is 19.1. The molecule has 0 saturated carbocycles. The highest BCUT2D eigenvalue weighted by Gasteiger charge is 2.17. The summed E-state index contributed by atoms with van der Waals surface area (Å²) in [5.74, 6) is 0.982. The monoisotopic (exact) mass is 495 g/mol. The largest absolute Gasteiger partial charge is 0.495 e. The maximum absolute atomic E-state index is 13.3. The number of halogens is 1. The zero-order valence-corrected chi connectivity index (χ0v) is 20.1. The van der Waals surface area contributed by atoms with Crippen LogP contribution in [0.4, 0.5) is 4.39 Å². The van der Waals surface area contributed by atoms with Crippen molar-refractivity contribution in [2.75, 3.05) is 7.11 Å². The van der Waals surface area contributed by atoms with Crippen LogP contribution < -0.4 is 14.9 Å². The molecule has 0 saturated heterocycles. The van der Waals surface area contributed by atoms with Crippen LogP contribution in [0.3, 0.4) is 0 Å². The van der Waals surface area contributed by atoms with Gasteiger partial charge in [-0.2, -0.15) is 0 Å². The number of rotatable bonds is 7. The van der Waals surface area contributed by atoms with Crippen LogP contribution in [0.25, 0.3) is 22.2 Å². The van der Waals surface area contributed by atoms with Crippen LogP contribution in [0.5, 0.6) is 17.2 Å². The fraction of sp³-hybridized carbons (Fsp3) is 0.103. The second kappa shape index (κ2) is 10.0. The molecule has 7 nitrogen and oxygen atoms in total. The van der Waals surface area contributed by atoms with Gasteiger partial charge < -0.3 is 14.5 Å². The minimum Gasteiger partial charge on any atom is -0.495 e. The third-order valence-corrected chi connectivity index (χ3v) is 5.98. The van der Waals surface area contributed by atoms with E-state index in [2.05, 4.69) is 15.0 Å². The lowest BCUT2D eigenvalue weighted by molar-refractivity contribution is 0.0991. The Bertz CT molecular complexity index is 1660. The van der Waals surface area contributed by atoms with E-state index < -0.39 is 5.82 Å². The number of hydrogen-bond donors (Lipinski definition) is 1. The summed E-state index contributed by atoms with van der Waals surface area (Å²) >= 11 is 0. The molecular formula is C29H22FN3O4. The first-order valence-corrected chi connectivity index (χ1v) is 11.5. The summed E-state index contributed by atoms with van der Waals surface area (Å²) in [6, 6.07) is 16.2. The van der Waals surface area contributed by atoms with E-state index in [9.17, 15) is 14.0 Å². The van der Waals surface area contributed by atoms with Crippen molar-refractivity contribution in [1.29, 1.82) is 0 Å². The van der Waals surface area contributed by atoms with Crippen molar-refractivity contribution in [1.82, 2.24) is 15.0 Å². The summed E-state index contributed by atoms with van der Waals surface area (Å²) in [4.78, 5) is 37.8. The second-order valence-corrected chi connectivity index (χ2v) is 8.44. The average molecular weight is 496 g/mol. The summed E-state index contributed by atoms with van der Waals surface area (Å²) in [5, 5.41) is 0. The lowest BCUT2D eigenvalue weighted by Crippen LogP contribution is -2.20. The quantitative estimate of drug-likeness (QED) is 0.293. The molecule has 0 aliphatic heterocycles. The molecular weight excluding hydrogens is 473 g/mol. The number of aromatic amines is 1. The number of ketones is 1. The smallest absolute Gasteiger partial charge is 0.200 e. The summed E-state index contributed by atoms with van der Waals surface area (Å²) in [6.45, 7) is 1.74. The Balaban J connectivity index is 1.35. The van der Waals surface area contributed by atoms with Crippen LogP contribution in [0.1, 0.15) is 21.6 Å². The molecule has 0 fully saturated rings. The van der Waals surface area contributed by atoms with Crippen LogP contribution >= 0.6 is 0 Å². The summed E-state index contributed by atoms with van der Waals surface area (Å²) in [5.41, 5.74) is 3.13. The van der Waals surface area contributed by atoms with E-state index >= 15 is 0 Å². The van der Waals surface area contributed by atoms with Crippen molar-refractivity contribution in [2.24, 2.45) is 0 Å². The third kappa shape index (κ3) is 4.95. The number of pyridine rings is 3. The SMILES string of the molecule is COc1cnc2c(Oc3ccc(CC(=O)c4c[nH]c(C)c(-c5ccc(F)cc5)c4=O)cc3)ccnc2c1. The third-order valence-electron chi connectivity index (χ3n) is 5.98. The van der Waals surface area contributed by atoms with Gasteiger partial charge in [-0.05, 0) is 42.3 Å². The lowest BCUT2D eigenvalue weighted by atomic mass is 9.98. The summed E-state index contributed by atoms with van der Waals surface area (Å²) in [7, 11) is 1.56. The molecule has 0 unspecified atom stereocenters. The molecule has 2 aromatic carbocycles. The Morgan fingerprint density at radius 1 is 1.00 bits per heavy atom. The van der Waals surface area contributed by atoms with Gasteiger partial charge in [0, 0.05) is 42.2 Å². The molecule has 184 valence electrons. The number of fused-ring (bicyclic) bond motifs is 1. The van der Waals surface area contributed by atoms with Gasteiger partial charge in [0.2, 0.25) is 0 Å². The van der Waals surface area contributed by atoms with E-state index in [0.717, 1.165) is 5.56 Å². The predicted octanol–water partition coefficient (Wildman–Crippen LogP) is 5.66. The molecule has 0 spiro atoms. The maximum atomic E-state index is 13.3. The molecule has 37 heavy (non-hydrogen) atoms. The average Bonchev–Trinajstić information content (AvgIpc) is 2.90. The zero-order chi connectivity index (χ0) is 25.9. The Kier molecular flexibility index (Phi) is 6.47. The molecule has 5 rings (SSSR count). The van der Waals surface area contributed by atoms with E-state index in [1.54, 1.807) is 62.8 Å². The fourth-order valence-corrected chi connectivity index (χ4v) is 4.06. The van der Waals surface area contributed by atoms with Crippen molar-refractivity contribution in [3.8, 4) is 28.4 Å². The number of H-pyrrole nitrogens is 1. The second-order valence-electron chi connectivity index (χ2n) is 8.44. The first-order valence-electron chi connectivity index (χ1n) is 11.5. The van der Waals surface area contributed by atoms with Crippen molar-refractivity contribution in [3.05, 3.63) is 112 Å². The zero-order valence-electron chi connectivity index (χ0n) is 20.1. The van der Waals surface area contributed by atoms with E-state index in [4.69, 9.17) is 9.47 Å². The van der Waals surface area contributed by atoms with Gasteiger partial charge in [0.1, 0.15) is 22.8 Å². The molecule has 0 amide bonds. The minimum absolute atomic E-state index is 0.0365. The van der Waals surface area contributed by atoms with E-state index in [-0.39, 0.29) is 23.2 Å². The summed E-state index contributed by atoms with van der Waals surface area (Å²) < 4.78 is 24.5. The van der Waals surface area contributed by atoms with Gasteiger partial charge in [0.05, 0.1) is 24.4 Å². The number of carbonyl (C=O) groups excluding carboxylic acids is 1. The highest BCUT2D eigenvalue weighted by Crippen LogP contribution is 2.29. The number of aromatic nitrogens is 3. The number of carbonyl (C=O) groups is 1. The molecule has 0 aliphatic rings. The van der Waals surface area contributed by atoms with Gasteiger partial charge in [0.15, 0.2) is 17.0 Å². The van der Waals surface area contributed by atoms with Gasteiger partial charge >= 0.3 is 0 Å². The maximum Gasteiger partial charge on any atom is 0.200 e. The number of aryl methyl sites for hydroxylation is 1. The topological polar surface area (TPSA) is 94.2 Å².